The summed E-state index contributed by atoms with van der Waals surface area (Å²) in [6.45, 7) is 3.64. The van der Waals surface area contributed by atoms with E-state index < -0.39 is 0 Å². The van der Waals surface area contributed by atoms with E-state index >= 15 is 0 Å². The Morgan fingerprint density at radius 1 is 1.39 bits per heavy atom. The maximum atomic E-state index is 12.2. The van der Waals surface area contributed by atoms with Crippen molar-refractivity contribution in [2.24, 2.45) is 7.05 Å². The number of aryl methyl sites for hydroxylation is 1. The summed E-state index contributed by atoms with van der Waals surface area (Å²) in [4.78, 5) is 12.2. The molecule has 0 bridgehead atoms. The normalized spacial score (nSPS) is 12.3. The van der Waals surface area contributed by atoms with Crippen LogP contribution in [0.25, 0.3) is 11.6 Å². The molecule has 0 aliphatic carbocycles. The average Bonchev–Trinajstić information content (AvgIpc) is 3.23. The molecule has 0 aromatic carbocycles. The smallest absolute Gasteiger partial charge is 0.239 e. The van der Waals surface area contributed by atoms with Gasteiger partial charge in [-0.25, -0.2) is 0 Å². The van der Waals surface area contributed by atoms with Crippen molar-refractivity contribution >= 4 is 34.1 Å². The lowest BCUT2D eigenvalue weighted by Gasteiger charge is -2.09. The van der Waals surface area contributed by atoms with Gasteiger partial charge < -0.3 is 8.98 Å². The molecular formula is C13H14N6O2S2. The summed E-state index contributed by atoms with van der Waals surface area (Å²) in [6, 6.07) is 3.60. The molecule has 1 N–H and O–H groups in total. The lowest BCUT2D eigenvalue weighted by atomic mass is 10.4. The van der Waals surface area contributed by atoms with Gasteiger partial charge in [0.25, 0.3) is 0 Å². The lowest BCUT2D eigenvalue weighted by Crippen LogP contribution is -2.22. The Morgan fingerprint density at radius 3 is 2.87 bits per heavy atom. The number of hydrogen-bond donors (Lipinski definition) is 1. The molecule has 120 valence electrons. The van der Waals surface area contributed by atoms with E-state index in [1.54, 1.807) is 23.8 Å². The van der Waals surface area contributed by atoms with Gasteiger partial charge in [-0.2, -0.15) is 0 Å². The highest BCUT2D eigenvalue weighted by Crippen LogP contribution is 2.26. The molecule has 0 unspecified atom stereocenters. The average molecular weight is 350 g/mol. The van der Waals surface area contributed by atoms with Crippen LogP contribution in [-0.4, -0.2) is 36.1 Å². The van der Waals surface area contributed by atoms with E-state index in [1.165, 1.54) is 23.1 Å². The molecule has 0 radical (unpaired) electrons. The topological polar surface area (TPSA) is 98.7 Å². The Balaban J connectivity index is 1.68. The molecule has 3 aromatic heterocycles. The van der Waals surface area contributed by atoms with Crippen molar-refractivity contribution in [3.63, 3.8) is 0 Å². The largest absolute Gasteiger partial charge is 0.461 e. The van der Waals surface area contributed by atoms with Crippen molar-refractivity contribution in [2.45, 2.75) is 24.3 Å². The molecule has 3 heterocycles. The monoisotopic (exact) mass is 350 g/mol. The van der Waals surface area contributed by atoms with E-state index in [4.69, 9.17) is 4.42 Å². The molecule has 1 amide bonds. The summed E-state index contributed by atoms with van der Waals surface area (Å²) >= 11 is 2.65. The summed E-state index contributed by atoms with van der Waals surface area (Å²) in [5, 5.41) is 20.3. The number of nitrogens with one attached hydrogen (secondary N) is 1. The van der Waals surface area contributed by atoms with E-state index in [-0.39, 0.29) is 11.2 Å². The van der Waals surface area contributed by atoms with Crippen molar-refractivity contribution in [3.8, 4) is 11.6 Å². The van der Waals surface area contributed by atoms with Crippen LogP contribution in [0.15, 0.2) is 28.0 Å². The van der Waals surface area contributed by atoms with Gasteiger partial charge in [0.2, 0.25) is 11.0 Å². The Hall–Kier alpha value is -2.20. The number of carbonyl (C=O) groups is 1. The number of amides is 1. The van der Waals surface area contributed by atoms with Gasteiger partial charge in [-0.15, -0.1) is 20.4 Å². The number of hydrogen-bond acceptors (Lipinski definition) is 8. The standard InChI is InChI=1S/C13H14N6O2S2/c1-7(11(20)14-12-17-15-8(2)23-12)22-13-18-16-10(19(13)3)9-5-4-6-21-9/h4-7H,1-3H3,(H,14,17,20)/t7-/m1/s1. The van der Waals surface area contributed by atoms with Crippen molar-refractivity contribution in [1.29, 1.82) is 0 Å². The van der Waals surface area contributed by atoms with E-state index in [0.29, 0.717) is 21.9 Å². The van der Waals surface area contributed by atoms with Crippen LogP contribution in [0.5, 0.6) is 0 Å². The van der Waals surface area contributed by atoms with Gasteiger partial charge in [0.05, 0.1) is 11.5 Å². The SMILES string of the molecule is Cc1nnc(NC(=O)[C@@H](C)Sc2nnc(-c3ccco3)n2C)s1. The number of thioether (sulfide) groups is 1. The molecular weight excluding hydrogens is 336 g/mol. The van der Waals surface area contributed by atoms with Crippen LogP contribution in [-0.2, 0) is 11.8 Å². The molecule has 3 rings (SSSR count). The molecule has 10 heteroatoms. The number of aromatic nitrogens is 5. The van der Waals surface area contributed by atoms with Gasteiger partial charge in [0.15, 0.2) is 16.7 Å². The molecule has 0 aliphatic heterocycles. The van der Waals surface area contributed by atoms with Crippen molar-refractivity contribution < 1.29 is 9.21 Å². The predicted molar refractivity (Wildman–Crippen MR) is 87.3 cm³/mol. The first-order chi connectivity index (χ1) is 11.0. The van der Waals surface area contributed by atoms with Crippen LogP contribution in [0, 0.1) is 6.92 Å². The Bertz CT molecular complexity index is 810. The van der Waals surface area contributed by atoms with E-state index in [2.05, 4.69) is 25.7 Å². The molecule has 23 heavy (non-hydrogen) atoms. The van der Waals surface area contributed by atoms with Crippen molar-refractivity contribution in [1.82, 2.24) is 25.0 Å². The number of rotatable bonds is 5. The highest BCUT2D eigenvalue weighted by atomic mass is 32.2. The second-order valence-electron chi connectivity index (χ2n) is 4.72. The summed E-state index contributed by atoms with van der Waals surface area (Å²) < 4.78 is 7.12. The fourth-order valence-corrected chi connectivity index (χ4v) is 3.21. The zero-order chi connectivity index (χ0) is 16.4. The van der Waals surface area contributed by atoms with Gasteiger partial charge in [0.1, 0.15) is 5.01 Å². The number of anilines is 1. The third-order valence-electron chi connectivity index (χ3n) is 2.98. The molecule has 0 aliphatic rings. The second-order valence-corrected chi connectivity index (χ2v) is 7.21. The molecule has 0 fully saturated rings. The molecule has 0 saturated carbocycles. The number of carbonyl (C=O) groups excluding carboxylic acids is 1. The summed E-state index contributed by atoms with van der Waals surface area (Å²) in [5.41, 5.74) is 0. The minimum Gasteiger partial charge on any atom is -0.461 e. The zero-order valence-electron chi connectivity index (χ0n) is 12.7. The van der Waals surface area contributed by atoms with Gasteiger partial charge in [-0.05, 0) is 26.0 Å². The Labute approximate surface area is 140 Å². The number of furan rings is 1. The minimum absolute atomic E-state index is 0.159. The minimum atomic E-state index is -0.355. The van der Waals surface area contributed by atoms with Crippen LogP contribution in [0.1, 0.15) is 11.9 Å². The third-order valence-corrected chi connectivity index (χ3v) is 4.87. The van der Waals surface area contributed by atoms with Crippen LogP contribution in [0.4, 0.5) is 5.13 Å². The zero-order valence-corrected chi connectivity index (χ0v) is 14.3. The summed E-state index contributed by atoms with van der Waals surface area (Å²) in [7, 11) is 1.83. The van der Waals surface area contributed by atoms with E-state index in [9.17, 15) is 4.79 Å². The first kappa shape index (κ1) is 15.7. The fourth-order valence-electron chi connectivity index (χ4n) is 1.80. The molecule has 0 saturated heterocycles. The summed E-state index contributed by atoms with van der Waals surface area (Å²) in [5.74, 6) is 1.09. The predicted octanol–water partition coefficient (Wildman–Crippen LogP) is 2.35. The summed E-state index contributed by atoms with van der Waals surface area (Å²) in [6.07, 6.45) is 1.58. The third kappa shape index (κ3) is 3.42. The Morgan fingerprint density at radius 2 is 2.22 bits per heavy atom. The van der Waals surface area contributed by atoms with Crippen LogP contribution in [0.3, 0.4) is 0 Å². The van der Waals surface area contributed by atoms with Crippen LogP contribution in [0.2, 0.25) is 0 Å². The highest BCUT2D eigenvalue weighted by molar-refractivity contribution is 8.00. The molecule has 0 spiro atoms. The van der Waals surface area contributed by atoms with Gasteiger partial charge >= 0.3 is 0 Å². The number of nitrogens with zero attached hydrogens (tertiary/aromatic N) is 5. The van der Waals surface area contributed by atoms with Crippen LogP contribution >= 0.6 is 23.1 Å². The van der Waals surface area contributed by atoms with E-state index in [1.807, 2.05) is 20.0 Å². The first-order valence-corrected chi connectivity index (χ1v) is 8.45. The maximum Gasteiger partial charge on any atom is 0.239 e. The van der Waals surface area contributed by atoms with Gasteiger partial charge in [-0.1, -0.05) is 23.1 Å². The second kappa shape index (κ2) is 6.50. The highest BCUT2D eigenvalue weighted by Gasteiger charge is 2.21. The lowest BCUT2D eigenvalue weighted by molar-refractivity contribution is -0.115. The molecule has 3 aromatic rings. The van der Waals surface area contributed by atoms with Gasteiger partial charge in [-0.3, -0.25) is 10.1 Å². The fraction of sp³-hybridized carbons (Fsp3) is 0.308. The molecule has 8 nitrogen and oxygen atoms in total. The maximum absolute atomic E-state index is 12.2. The van der Waals surface area contributed by atoms with Crippen molar-refractivity contribution in [2.75, 3.05) is 5.32 Å². The van der Waals surface area contributed by atoms with Gasteiger partial charge in [0, 0.05) is 7.05 Å². The first-order valence-electron chi connectivity index (χ1n) is 6.75. The van der Waals surface area contributed by atoms with E-state index in [0.717, 1.165) is 5.01 Å². The van der Waals surface area contributed by atoms with Crippen LogP contribution < -0.4 is 5.32 Å². The van der Waals surface area contributed by atoms with Crippen molar-refractivity contribution in [3.05, 3.63) is 23.4 Å². The quantitative estimate of drug-likeness (QED) is 0.705. The Kier molecular flexibility index (Phi) is 4.44. The molecule has 1 atom stereocenters.